The van der Waals surface area contributed by atoms with Crippen LogP contribution in [0.3, 0.4) is 0 Å². The van der Waals surface area contributed by atoms with Gasteiger partial charge in [0.25, 0.3) is 0 Å². The molecule has 1 fully saturated rings. The molecule has 0 bridgehead atoms. The fourth-order valence-electron chi connectivity index (χ4n) is 1.88. The summed E-state index contributed by atoms with van der Waals surface area (Å²) in [6.07, 6.45) is 11.3. The van der Waals surface area contributed by atoms with Gasteiger partial charge < -0.3 is 5.32 Å². The first kappa shape index (κ1) is 13.1. The highest BCUT2D eigenvalue weighted by Crippen LogP contribution is 2.17. The zero-order valence-corrected chi connectivity index (χ0v) is 10.3. The highest BCUT2D eigenvalue weighted by Gasteiger charge is 2.18. The molecule has 0 saturated heterocycles. The molecule has 1 aliphatic rings. The Morgan fingerprint density at radius 1 is 1.38 bits per heavy atom. The van der Waals surface area contributed by atoms with Crippen LogP contribution in [0.1, 0.15) is 46.0 Å². The van der Waals surface area contributed by atoms with E-state index in [1.165, 1.54) is 19.3 Å². The van der Waals surface area contributed by atoms with Gasteiger partial charge in [0, 0.05) is 6.04 Å². The van der Waals surface area contributed by atoms with E-state index in [0.29, 0.717) is 12.6 Å². The van der Waals surface area contributed by atoms with Crippen LogP contribution in [-0.4, -0.2) is 24.0 Å². The first-order valence-corrected chi connectivity index (χ1v) is 6.06. The maximum absolute atomic E-state index is 11.6. The molecule has 1 rings (SSSR count). The highest BCUT2D eigenvalue weighted by atomic mass is 16.2. The number of hydrogen-bond donors (Lipinski definition) is 2. The van der Waals surface area contributed by atoms with Crippen LogP contribution in [-0.2, 0) is 4.79 Å². The van der Waals surface area contributed by atoms with Gasteiger partial charge in [-0.1, -0.05) is 25.2 Å². The molecular formula is C13H22N2O. The van der Waals surface area contributed by atoms with Crippen molar-refractivity contribution in [2.24, 2.45) is 0 Å². The van der Waals surface area contributed by atoms with Crippen molar-refractivity contribution in [1.29, 1.82) is 0 Å². The number of rotatable bonds is 4. The lowest BCUT2D eigenvalue weighted by atomic mass is 9.95. The monoisotopic (exact) mass is 222 g/mol. The molecule has 0 heterocycles. The van der Waals surface area contributed by atoms with Crippen LogP contribution in [0, 0.1) is 12.3 Å². The molecule has 0 aliphatic heterocycles. The summed E-state index contributed by atoms with van der Waals surface area (Å²) in [5.41, 5.74) is -0.413. The first-order valence-electron chi connectivity index (χ1n) is 6.06. The van der Waals surface area contributed by atoms with Gasteiger partial charge in [-0.3, -0.25) is 10.1 Å². The molecule has 0 radical (unpaired) electrons. The molecule has 3 nitrogen and oxygen atoms in total. The fraction of sp³-hybridized carbons (Fsp3) is 0.769. The third kappa shape index (κ3) is 4.67. The van der Waals surface area contributed by atoms with Crippen molar-refractivity contribution < 1.29 is 4.79 Å². The predicted octanol–water partition coefficient (Wildman–Crippen LogP) is 1.44. The van der Waals surface area contributed by atoms with Crippen LogP contribution in [0.15, 0.2) is 0 Å². The Morgan fingerprint density at radius 2 is 2.00 bits per heavy atom. The average molecular weight is 222 g/mol. The number of amides is 1. The van der Waals surface area contributed by atoms with Crippen molar-refractivity contribution in [2.75, 3.05) is 6.54 Å². The number of terminal acetylenes is 1. The third-order valence-corrected chi connectivity index (χ3v) is 3.02. The molecule has 0 unspecified atom stereocenters. The zero-order chi connectivity index (χ0) is 12.0. The summed E-state index contributed by atoms with van der Waals surface area (Å²) >= 11 is 0. The maximum Gasteiger partial charge on any atom is 0.234 e. The fourth-order valence-corrected chi connectivity index (χ4v) is 1.88. The standard InChI is InChI=1S/C13H22N2O/c1-4-13(2,3)14-10-12(16)15-11-8-6-5-7-9-11/h1,11,14H,5-10H2,2-3H3,(H,15,16). The molecule has 3 heteroatoms. The summed E-state index contributed by atoms with van der Waals surface area (Å²) in [6.45, 7) is 4.08. The van der Waals surface area contributed by atoms with E-state index in [0.717, 1.165) is 12.8 Å². The lowest BCUT2D eigenvalue weighted by Crippen LogP contribution is -2.47. The Labute approximate surface area is 98.4 Å². The second-order valence-corrected chi connectivity index (χ2v) is 5.03. The molecule has 0 aromatic heterocycles. The second kappa shape index (κ2) is 5.91. The van der Waals surface area contributed by atoms with Crippen LogP contribution in [0.4, 0.5) is 0 Å². The molecule has 0 aromatic carbocycles. The van der Waals surface area contributed by atoms with Crippen LogP contribution in [0.25, 0.3) is 0 Å². The average Bonchev–Trinajstić information content (AvgIpc) is 2.28. The predicted molar refractivity (Wildman–Crippen MR) is 65.9 cm³/mol. The smallest absolute Gasteiger partial charge is 0.234 e. The van der Waals surface area contributed by atoms with E-state index in [-0.39, 0.29) is 5.91 Å². The van der Waals surface area contributed by atoms with Gasteiger partial charge in [-0.05, 0) is 26.7 Å². The molecular weight excluding hydrogens is 200 g/mol. The van der Waals surface area contributed by atoms with Crippen LogP contribution >= 0.6 is 0 Å². The number of carbonyl (C=O) groups excluding carboxylic acids is 1. The molecule has 16 heavy (non-hydrogen) atoms. The molecule has 1 saturated carbocycles. The minimum absolute atomic E-state index is 0.0511. The van der Waals surface area contributed by atoms with E-state index in [2.05, 4.69) is 16.6 Å². The van der Waals surface area contributed by atoms with Crippen LogP contribution in [0.5, 0.6) is 0 Å². The minimum atomic E-state index is -0.413. The number of carbonyl (C=O) groups is 1. The molecule has 0 atom stereocenters. The van der Waals surface area contributed by atoms with E-state index < -0.39 is 5.54 Å². The third-order valence-electron chi connectivity index (χ3n) is 3.02. The Balaban J connectivity index is 2.23. The van der Waals surface area contributed by atoms with Gasteiger partial charge in [0.2, 0.25) is 5.91 Å². The van der Waals surface area contributed by atoms with Gasteiger partial charge in [-0.25, -0.2) is 0 Å². The number of nitrogens with one attached hydrogen (secondary N) is 2. The van der Waals surface area contributed by atoms with Gasteiger partial charge in [0.15, 0.2) is 0 Å². The molecule has 1 amide bonds. The number of hydrogen-bond acceptors (Lipinski definition) is 2. The van der Waals surface area contributed by atoms with Gasteiger partial charge in [-0.15, -0.1) is 6.42 Å². The first-order chi connectivity index (χ1) is 7.53. The Morgan fingerprint density at radius 3 is 2.56 bits per heavy atom. The van der Waals surface area contributed by atoms with E-state index in [9.17, 15) is 4.79 Å². The molecule has 0 aromatic rings. The lowest BCUT2D eigenvalue weighted by Gasteiger charge is -2.24. The lowest BCUT2D eigenvalue weighted by molar-refractivity contribution is -0.121. The minimum Gasteiger partial charge on any atom is -0.352 e. The Bertz CT molecular complexity index is 272. The van der Waals surface area contributed by atoms with Gasteiger partial charge in [0.1, 0.15) is 0 Å². The largest absolute Gasteiger partial charge is 0.352 e. The van der Waals surface area contributed by atoms with Gasteiger partial charge >= 0.3 is 0 Å². The molecule has 90 valence electrons. The van der Waals surface area contributed by atoms with E-state index in [1.807, 2.05) is 13.8 Å². The van der Waals surface area contributed by atoms with Gasteiger partial charge in [0.05, 0.1) is 12.1 Å². The SMILES string of the molecule is C#CC(C)(C)NCC(=O)NC1CCCCC1. The van der Waals surface area contributed by atoms with Crippen molar-refractivity contribution in [3.05, 3.63) is 0 Å². The van der Waals surface area contributed by atoms with Crippen LogP contribution < -0.4 is 10.6 Å². The Kier molecular flexibility index (Phi) is 4.82. The summed E-state index contributed by atoms with van der Waals surface area (Å²) in [5.74, 6) is 2.66. The maximum atomic E-state index is 11.6. The zero-order valence-electron chi connectivity index (χ0n) is 10.3. The Hall–Kier alpha value is -1.01. The summed E-state index contributed by atoms with van der Waals surface area (Å²) in [6, 6.07) is 0.372. The summed E-state index contributed by atoms with van der Waals surface area (Å²) in [5, 5.41) is 6.10. The molecule has 2 N–H and O–H groups in total. The van der Waals surface area contributed by atoms with Crippen LogP contribution in [0.2, 0.25) is 0 Å². The van der Waals surface area contributed by atoms with E-state index in [1.54, 1.807) is 0 Å². The second-order valence-electron chi connectivity index (χ2n) is 5.03. The quantitative estimate of drug-likeness (QED) is 0.707. The normalized spacial score (nSPS) is 17.8. The van der Waals surface area contributed by atoms with Crippen molar-refractivity contribution in [1.82, 2.24) is 10.6 Å². The summed E-state index contributed by atoms with van der Waals surface area (Å²) in [4.78, 5) is 11.6. The molecule has 1 aliphatic carbocycles. The van der Waals surface area contributed by atoms with Crippen molar-refractivity contribution >= 4 is 5.91 Å². The summed E-state index contributed by atoms with van der Waals surface area (Å²) < 4.78 is 0. The van der Waals surface area contributed by atoms with E-state index >= 15 is 0 Å². The molecule has 0 spiro atoms. The van der Waals surface area contributed by atoms with Crippen molar-refractivity contribution in [2.45, 2.75) is 57.5 Å². The summed E-state index contributed by atoms with van der Waals surface area (Å²) in [7, 11) is 0. The van der Waals surface area contributed by atoms with E-state index in [4.69, 9.17) is 6.42 Å². The van der Waals surface area contributed by atoms with Crippen molar-refractivity contribution in [3.63, 3.8) is 0 Å². The highest BCUT2D eigenvalue weighted by molar-refractivity contribution is 5.78. The van der Waals surface area contributed by atoms with Gasteiger partial charge in [-0.2, -0.15) is 0 Å². The topological polar surface area (TPSA) is 41.1 Å². The van der Waals surface area contributed by atoms with Crippen molar-refractivity contribution in [3.8, 4) is 12.3 Å².